The summed E-state index contributed by atoms with van der Waals surface area (Å²) in [4.78, 5) is 46.5. The van der Waals surface area contributed by atoms with E-state index in [-0.39, 0.29) is 12.8 Å². The molecule has 0 N–H and O–H groups in total. The van der Waals surface area contributed by atoms with Crippen molar-refractivity contribution < 1.29 is 24.1 Å². The monoisotopic (exact) mass is 394 g/mol. The summed E-state index contributed by atoms with van der Waals surface area (Å²) in [6.45, 7) is 11.6. The van der Waals surface area contributed by atoms with Gasteiger partial charge in [0.1, 0.15) is 0 Å². The van der Waals surface area contributed by atoms with E-state index >= 15 is 0 Å². The molecule has 2 rings (SSSR count). The average molecular weight is 394 g/mol. The molecule has 2 amide bonds. The zero-order chi connectivity index (χ0) is 22.1. The SMILES string of the molecule is CC(C)(C)C(=O)ON1C(=O)CCC1=O.CC(C)(C)c1ccccc1.C[N+](=O)[O-]. The highest BCUT2D eigenvalue weighted by molar-refractivity contribution is 6.01. The lowest BCUT2D eigenvalue weighted by Gasteiger charge is -2.19. The first kappa shape index (κ1) is 25.2. The van der Waals surface area contributed by atoms with Gasteiger partial charge >= 0.3 is 5.97 Å². The Morgan fingerprint density at radius 3 is 1.68 bits per heavy atom. The Morgan fingerprint density at radius 1 is 1.00 bits per heavy atom. The Labute approximate surface area is 166 Å². The molecule has 0 bridgehead atoms. The maximum absolute atomic E-state index is 11.3. The Hall–Kier alpha value is -2.77. The van der Waals surface area contributed by atoms with Gasteiger partial charge in [-0.25, -0.2) is 4.79 Å². The molecule has 8 heteroatoms. The third-order valence-electron chi connectivity index (χ3n) is 3.43. The third kappa shape index (κ3) is 9.80. The molecule has 1 saturated heterocycles. The molecule has 1 aliphatic rings. The van der Waals surface area contributed by atoms with Crippen LogP contribution >= 0.6 is 0 Å². The maximum atomic E-state index is 11.3. The molecule has 0 saturated carbocycles. The average Bonchev–Trinajstić information content (AvgIpc) is 2.86. The fourth-order valence-corrected chi connectivity index (χ4v) is 1.82. The van der Waals surface area contributed by atoms with Crippen LogP contribution < -0.4 is 0 Å². The number of nitrogens with zero attached hydrogens (tertiary/aromatic N) is 2. The van der Waals surface area contributed by atoms with Gasteiger partial charge in [-0.3, -0.25) is 19.7 Å². The molecule has 1 aromatic carbocycles. The van der Waals surface area contributed by atoms with E-state index in [1.165, 1.54) is 5.56 Å². The Kier molecular flexibility index (Phi) is 9.49. The number of nitro groups is 1. The van der Waals surface area contributed by atoms with Crippen LogP contribution in [0.3, 0.4) is 0 Å². The van der Waals surface area contributed by atoms with Crippen molar-refractivity contribution in [3.8, 4) is 0 Å². The number of carbonyl (C=O) groups excluding carboxylic acids is 3. The second kappa shape index (κ2) is 10.5. The van der Waals surface area contributed by atoms with Crippen LogP contribution in [0.1, 0.15) is 59.9 Å². The predicted molar refractivity (Wildman–Crippen MR) is 105 cm³/mol. The highest BCUT2D eigenvalue weighted by Crippen LogP contribution is 2.21. The Bertz CT molecular complexity index is 667. The second-order valence-electron chi connectivity index (χ2n) is 8.27. The molecule has 1 fully saturated rings. The zero-order valence-electron chi connectivity index (χ0n) is 17.6. The van der Waals surface area contributed by atoms with E-state index in [4.69, 9.17) is 15.0 Å². The molecule has 0 radical (unpaired) electrons. The standard InChI is InChI=1S/C10H14.C9H13NO4.CH3NO2/c1-10(2,3)9-7-5-4-6-8-9;1-9(2,3)8(13)14-10-6(11)4-5-7(10)12;1-2(3)4/h4-8H,1-3H3;4-5H2,1-3H3;1H3. The fraction of sp³-hybridized carbons (Fsp3) is 0.550. The third-order valence-corrected chi connectivity index (χ3v) is 3.43. The first-order chi connectivity index (χ1) is 12.7. The van der Waals surface area contributed by atoms with Crippen LogP contribution in [0.2, 0.25) is 0 Å². The van der Waals surface area contributed by atoms with Crippen molar-refractivity contribution in [1.82, 2.24) is 5.06 Å². The quantitative estimate of drug-likeness (QED) is 0.410. The number of imide groups is 1. The van der Waals surface area contributed by atoms with Gasteiger partial charge in [0.05, 0.1) is 5.41 Å². The molecule has 0 spiro atoms. The largest absolute Gasteiger partial charge is 0.338 e. The van der Waals surface area contributed by atoms with Crippen LogP contribution in [-0.4, -0.2) is 34.8 Å². The summed E-state index contributed by atoms with van der Waals surface area (Å²) in [7, 11) is 0.889. The Balaban J connectivity index is 0.000000454. The summed E-state index contributed by atoms with van der Waals surface area (Å²) in [5.41, 5.74) is 0.972. The molecule has 0 unspecified atom stereocenters. The van der Waals surface area contributed by atoms with Crippen LogP contribution in [-0.2, 0) is 24.6 Å². The van der Waals surface area contributed by atoms with Crippen LogP contribution in [0.4, 0.5) is 0 Å². The van der Waals surface area contributed by atoms with E-state index in [2.05, 4.69) is 51.1 Å². The molecule has 28 heavy (non-hydrogen) atoms. The number of benzene rings is 1. The Morgan fingerprint density at radius 2 is 1.39 bits per heavy atom. The molecule has 0 aliphatic carbocycles. The summed E-state index contributed by atoms with van der Waals surface area (Å²) in [5, 5.41) is 9.37. The van der Waals surface area contributed by atoms with Gasteiger partial charge in [-0.1, -0.05) is 51.1 Å². The lowest BCUT2D eigenvalue weighted by atomic mass is 9.87. The molecular formula is C20H30N2O6. The molecule has 8 nitrogen and oxygen atoms in total. The van der Waals surface area contributed by atoms with Crippen LogP contribution in [0.15, 0.2) is 30.3 Å². The predicted octanol–water partition coefficient (Wildman–Crippen LogP) is 3.52. The van der Waals surface area contributed by atoms with Gasteiger partial charge in [0, 0.05) is 17.8 Å². The van der Waals surface area contributed by atoms with E-state index in [9.17, 15) is 14.4 Å². The van der Waals surface area contributed by atoms with Gasteiger partial charge in [0.2, 0.25) is 0 Å². The highest BCUT2D eigenvalue weighted by Gasteiger charge is 2.35. The molecule has 1 aromatic rings. The normalized spacial score (nSPS) is 13.8. The summed E-state index contributed by atoms with van der Waals surface area (Å²) < 4.78 is 0. The smallest absolute Gasteiger partial charge is 0.330 e. The fourth-order valence-electron chi connectivity index (χ4n) is 1.82. The van der Waals surface area contributed by atoms with E-state index in [1.54, 1.807) is 20.8 Å². The topological polar surface area (TPSA) is 107 Å². The summed E-state index contributed by atoms with van der Waals surface area (Å²) in [6.07, 6.45) is 0.243. The lowest BCUT2D eigenvalue weighted by molar-refractivity contribution is -0.445. The van der Waals surface area contributed by atoms with Gasteiger partial charge in [-0.2, -0.15) is 0 Å². The van der Waals surface area contributed by atoms with E-state index in [1.807, 2.05) is 0 Å². The van der Waals surface area contributed by atoms with E-state index in [0.717, 1.165) is 7.05 Å². The van der Waals surface area contributed by atoms with Crippen molar-refractivity contribution in [1.29, 1.82) is 0 Å². The van der Waals surface area contributed by atoms with Crippen LogP contribution in [0, 0.1) is 15.5 Å². The first-order valence-electron chi connectivity index (χ1n) is 8.88. The number of amides is 2. The number of carbonyl (C=O) groups is 3. The van der Waals surface area contributed by atoms with Crippen molar-refractivity contribution in [2.45, 2.75) is 59.8 Å². The minimum absolute atomic E-state index is 0.121. The minimum atomic E-state index is -0.719. The molecule has 0 aromatic heterocycles. The summed E-state index contributed by atoms with van der Waals surface area (Å²) in [6, 6.07) is 10.6. The van der Waals surface area contributed by atoms with Gasteiger partial charge in [0.25, 0.3) is 11.8 Å². The van der Waals surface area contributed by atoms with E-state index in [0.29, 0.717) is 10.5 Å². The second-order valence-corrected chi connectivity index (χ2v) is 8.27. The van der Waals surface area contributed by atoms with Gasteiger partial charge in [0.15, 0.2) is 7.05 Å². The van der Waals surface area contributed by atoms with Crippen molar-refractivity contribution >= 4 is 17.8 Å². The van der Waals surface area contributed by atoms with Gasteiger partial charge in [-0.05, 0) is 31.7 Å². The van der Waals surface area contributed by atoms with Crippen LogP contribution in [0.5, 0.6) is 0 Å². The zero-order valence-corrected chi connectivity index (χ0v) is 17.6. The molecule has 0 atom stereocenters. The molecular weight excluding hydrogens is 364 g/mol. The summed E-state index contributed by atoms with van der Waals surface area (Å²) in [5.74, 6) is -1.48. The molecule has 1 aliphatic heterocycles. The number of hydrogen-bond acceptors (Lipinski definition) is 6. The summed E-state index contributed by atoms with van der Waals surface area (Å²) >= 11 is 0. The molecule has 1 heterocycles. The van der Waals surface area contributed by atoms with E-state index < -0.39 is 28.1 Å². The van der Waals surface area contributed by atoms with Gasteiger partial charge < -0.3 is 4.84 Å². The maximum Gasteiger partial charge on any atom is 0.338 e. The number of hydrogen-bond donors (Lipinski definition) is 0. The van der Waals surface area contributed by atoms with Crippen molar-refractivity contribution in [3.05, 3.63) is 46.0 Å². The van der Waals surface area contributed by atoms with Crippen molar-refractivity contribution in [3.63, 3.8) is 0 Å². The lowest BCUT2D eigenvalue weighted by Crippen LogP contribution is -2.36. The minimum Gasteiger partial charge on any atom is -0.330 e. The van der Waals surface area contributed by atoms with Gasteiger partial charge in [-0.15, -0.1) is 5.06 Å². The first-order valence-corrected chi connectivity index (χ1v) is 8.88. The molecule has 156 valence electrons. The number of rotatable bonds is 1. The van der Waals surface area contributed by atoms with Crippen molar-refractivity contribution in [2.75, 3.05) is 7.05 Å². The number of hydroxylamine groups is 2. The highest BCUT2D eigenvalue weighted by atomic mass is 16.7. The van der Waals surface area contributed by atoms with Crippen LogP contribution in [0.25, 0.3) is 0 Å². The van der Waals surface area contributed by atoms with Crippen molar-refractivity contribution in [2.24, 2.45) is 5.41 Å².